The van der Waals surface area contributed by atoms with Gasteiger partial charge in [0.05, 0.1) is 17.6 Å². The van der Waals surface area contributed by atoms with Crippen LogP contribution < -0.4 is 0 Å². The van der Waals surface area contributed by atoms with Gasteiger partial charge in [-0.15, -0.1) is 0 Å². The number of benzene rings is 1. The maximum atomic E-state index is 10.3. The van der Waals surface area contributed by atoms with E-state index < -0.39 is 11.5 Å². The van der Waals surface area contributed by atoms with Gasteiger partial charge in [-0.1, -0.05) is 34.5 Å². The molecule has 0 spiro atoms. The number of halogens is 1. The van der Waals surface area contributed by atoms with Crippen molar-refractivity contribution in [3.63, 3.8) is 0 Å². The standard InChI is InChI=1S/C13H14BrNO/c1-9-7-10(3-4-11(9)14)12(16)13(8-15)5-2-6-13/h3-4,7,12,16H,2,5-6H2,1H3. The fourth-order valence-corrected chi connectivity index (χ4v) is 2.41. The number of aliphatic hydroxyl groups excluding tert-OH is 1. The molecule has 1 atom stereocenters. The number of hydrogen-bond donors (Lipinski definition) is 1. The van der Waals surface area contributed by atoms with Gasteiger partial charge in [0.2, 0.25) is 0 Å². The van der Waals surface area contributed by atoms with Gasteiger partial charge in [0.1, 0.15) is 0 Å². The lowest BCUT2D eigenvalue weighted by Gasteiger charge is -2.39. The van der Waals surface area contributed by atoms with Crippen LogP contribution in [0.1, 0.15) is 36.5 Å². The predicted molar refractivity (Wildman–Crippen MR) is 65.7 cm³/mol. The Morgan fingerprint density at radius 2 is 2.19 bits per heavy atom. The minimum atomic E-state index is -0.655. The monoisotopic (exact) mass is 279 g/mol. The zero-order valence-corrected chi connectivity index (χ0v) is 10.8. The third kappa shape index (κ3) is 1.77. The van der Waals surface area contributed by atoms with Crippen molar-refractivity contribution in [2.24, 2.45) is 5.41 Å². The van der Waals surface area contributed by atoms with Crippen LogP contribution in [0, 0.1) is 23.7 Å². The van der Waals surface area contributed by atoms with Crippen molar-refractivity contribution in [3.05, 3.63) is 33.8 Å². The summed E-state index contributed by atoms with van der Waals surface area (Å²) in [6, 6.07) is 8.05. The third-order valence-corrected chi connectivity index (χ3v) is 4.38. The Bertz CT molecular complexity index is 446. The summed E-state index contributed by atoms with van der Waals surface area (Å²) in [5.74, 6) is 0. The summed E-state index contributed by atoms with van der Waals surface area (Å²) >= 11 is 3.43. The Kier molecular flexibility index (Phi) is 3.05. The summed E-state index contributed by atoms with van der Waals surface area (Å²) in [7, 11) is 0. The lowest BCUT2D eigenvalue weighted by molar-refractivity contribution is 0.00791. The molecule has 0 radical (unpaired) electrons. The number of nitrogens with zero attached hydrogens (tertiary/aromatic N) is 1. The van der Waals surface area contributed by atoms with E-state index in [-0.39, 0.29) is 0 Å². The van der Waals surface area contributed by atoms with E-state index in [4.69, 9.17) is 0 Å². The van der Waals surface area contributed by atoms with Gasteiger partial charge in [-0.2, -0.15) is 5.26 Å². The molecule has 0 heterocycles. The van der Waals surface area contributed by atoms with Crippen molar-refractivity contribution in [1.82, 2.24) is 0 Å². The first-order valence-electron chi connectivity index (χ1n) is 5.44. The highest BCUT2D eigenvalue weighted by Gasteiger charge is 2.44. The Morgan fingerprint density at radius 3 is 2.62 bits per heavy atom. The molecule has 16 heavy (non-hydrogen) atoms. The van der Waals surface area contributed by atoms with E-state index in [1.54, 1.807) is 0 Å². The van der Waals surface area contributed by atoms with Crippen LogP contribution in [0.5, 0.6) is 0 Å². The summed E-state index contributed by atoms with van der Waals surface area (Å²) in [5.41, 5.74) is 1.39. The maximum absolute atomic E-state index is 10.3. The molecule has 0 amide bonds. The largest absolute Gasteiger partial charge is 0.387 e. The van der Waals surface area contributed by atoms with E-state index >= 15 is 0 Å². The minimum Gasteiger partial charge on any atom is -0.387 e. The number of aryl methyl sites for hydroxylation is 1. The summed E-state index contributed by atoms with van der Waals surface area (Å²) in [5, 5.41) is 19.4. The molecule has 0 aromatic heterocycles. The van der Waals surface area contributed by atoms with E-state index in [2.05, 4.69) is 22.0 Å². The third-order valence-electron chi connectivity index (χ3n) is 3.49. The van der Waals surface area contributed by atoms with Crippen LogP contribution in [0.3, 0.4) is 0 Å². The molecule has 84 valence electrons. The average Bonchev–Trinajstić information content (AvgIpc) is 2.21. The highest BCUT2D eigenvalue weighted by atomic mass is 79.9. The molecule has 3 heteroatoms. The zero-order chi connectivity index (χ0) is 11.8. The van der Waals surface area contributed by atoms with E-state index in [0.717, 1.165) is 34.9 Å². The Balaban J connectivity index is 2.31. The summed E-state index contributed by atoms with van der Waals surface area (Å²) in [6.45, 7) is 1.99. The predicted octanol–water partition coefficient (Wildman–Crippen LogP) is 3.48. The van der Waals surface area contributed by atoms with Gasteiger partial charge in [0.15, 0.2) is 0 Å². The molecular weight excluding hydrogens is 266 g/mol. The molecule has 1 aliphatic rings. The second-order valence-corrected chi connectivity index (χ2v) is 5.39. The van der Waals surface area contributed by atoms with E-state index in [0.29, 0.717) is 0 Å². The van der Waals surface area contributed by atoms with Crippen LogP contribution in [-0.4, -0.2) is 5.11 Å². The molecule has 0 saturated heterocycles. The SMILES string of the molecule is Cc1cc(C(O)C2(C#N)CCC2)ccc1Br. The van der Waals surface area contributed by atoms with Gasteiger partial charge in [-0.3, -0.25) is 0 Å². The van der Waals surface area contributed by atoms with Gasteiger partial charge < -0.3 is 5.11 Å². The quantitative estimate of drug-likeness (QED) is 0.901. The van der Waals surface area contributed by atoms with Crippen LogP contribution in [0.2, 0.25) is 0 Å². The van der Waals surface area contributed by atoms with Crippen molar-refractivity contribution in [3.8, 4) is 6.07 Å². The minimum absolute atomic E-state index is 0.541. The summed E-state index contributed by atoms with van der Waals surface area (Å²) in [4.78, 5) is 0. The molecule has 1 fully saturated rings. The Hall–Kier alpha value is -0.850. The topological polar surface area (TPSA) is 44.0 Å². The van der Waals surface area contributed by atoms with Crippen LogP contribution in [-0.2, 0) is 0 Å². The number of rotatable bonds is 2. The second-order valence-electron chi connectivity index (χ2n) is 4.53. The van der Waals surface area contributed by atoms with Crippen LogP contribution in [0.15, 0.2) is 22.7 Å². The molecule has 1 aromatic rings. The molecule has 2 rings (SSSR count). The zero-order valence-electron chi connectivity index (χ0n) is 9.20. The smallest absolute Gasteiger partial charge is 0.0976 e. The maximum Gasteiger partial charge on any atom is 0.0976 e. The van der Waals surface area contributed by atoms with Crippen LogP contribution >= 0.6 is 15.9 Å². The number of nitriles is 1. The fourth-order valence-electron chi connectivity index (χ4n) is 2.16. The Morgan fingerprint density at radius 1 is 1.50 bits per heavy atom. The average molecular weight is 280 g/mol. The van der Waals surface area contributed by atoms with Crippen molar-refractivity contribution < 1.29 is 5.11 Å². The second kappa shape index (κ2) is 4.20. The first-order chi connectivity index (χ1) is 7.59. The fraction of sp³-hybridized carbons (Fsp3) is 0.462. The molecule has 1 saturated carbocycles. The van der Waals surface area contributed by atoms with Crippen molar-refractivity contribution in [2.45, 2.75) is 32.3 Å². The number of hydrogen-bond acceptors (Lipinski definition) is 2. The molecular formula is C13H14BrNO. The van der Waals surface area contributed by atoms with Gasteiger partial charge >= 0.3 is 0 Å². The van der Waals surface area contributed by atoms with Gasteiger partial charge in [0, 0.05) is 4.47 Å². The highest BCUT2D eigenvalue weighted by Crippen LogP contribution is 2.49. The molecule has 1 aliphatic carbocycles. The van der Waals surface area contributed by atoms with Crippen molar-refractivity contribution in [1.29, 1.82) is 5.26 Å². The number of aliphatic hydroxyl groups is 1. The summed E-state index contributed by atoms with van der Waals surface area (Å²) < 4.78 is 1.03. The molecule has 1 N–H and O–H groups in total. The lowest BCUT2D eigenvalue weighted by Crippen LogP contribution is -2.34. The van der Waals surface area contributed by atoms with Gasteiger partial charge in [0.25, 0.3) is 0 Å². The lowest BCUT2D eigenvalue weighted by atomic mass is 9.64. The molecule has 1 aromatic carbocycles. The van der Waals surface area contributed by atoms with Crippen molar-refractivity contribution >= 4 is 15.9 Å². The molecule has 1 unspecified atom stereocenters. The molecule has 0 aliphatic heterocycles. The first kappa shape index (κ1) is 11.6. The Labute approximate surface area is 104 Å². The summed E-state index contributed by atoms with van der Waals surface area (Å²) in [6.07, 6.45) is 2.00. The molecule has 2 nitrogen and oxygen atoms in total. The van der Waals surface area contributed by atoms with Gasteiger partial charge in [-0.05, 0) is 37.0 Å². The van der Waals surface area contributed by atoms with E-state index in [1.165, 1.54) is 0 Å². The molecule has 0 bridgehead atoms. The van der Waals surface area contributed by atoms with E-state index in [1.807, 2.05) is 25.1 Å². The highest BCUT2D eigenvalue weighted by molar-refractivity contribution is 9.10. The first-order valence-corrected chi connectivity index (χ1v) is 6.24. The van der Waals surface area contributed by atoms with Crippen molar-refractivity contribution in [2.75, 3.05) is 0 Å². The van der Waals surface area contributed by atoms with E-state index in [9.17, 15) is 10.4 Å². The van der Waals surface area contributed by atoms with Crippen LogP contribution in [0.25, 0.3) is 0 Å². The van der Waals surface area contributed by atoms with Crippen LogP contribution in [0.4, 0.5) is 0 Å². The normalized spacial score (nSPS) is 19.6. The van der Waals surface area contributed by atoms with Gasteiger partial charge in [-0.25, -0.2) is 0 Å².